The van der Waals surface area contributed by atoms with Crippen LogP contribution in [-0.4, -0.2) is 9.55 Å². The van der Waals surface area contributed by atoms with E-state index in [-0.39, 0.29) is 0 Å². The van der Waals surface area contributed by atoms with Gasteiger partial charge in [0.1, 0.15) is 5.82 Å². The van der Waals surface area contributed by atoms with E-state index in [4.69, 9.17) is 0 Å². The number of aromatic nitrogens is 2. The molecule has 2 heteroatoms. The standard InChI is InChI=1S/C11H18N2/c1-2-5-11-12-8-9-13(11)10-6-3-4-7-10/h8-10H,2-7H2,1H3. The van der Waals surface area contributed by atoms with Crippen molar-refractivity contribution in [1.82, 2.24) is 9.55 Å². The van der Waals surface area contributed by atoms with E-state index in [1.165, 1.54) is 37.9 Å². The lowest BCUT2D eigenvalue weighted by molar-refractivity contribution is 0.495. The molecule has 72 valence electrons. The molecule has 0 unspecified atom stereocenters. The van der Waals surface area contributed by atoms with Gasteiger partial charge in [0.2, 0.25) is 0 Å². The fourth-order valence-electron chi connectivity index (χ4n) is 2.28. The first-order valence-corrected chi connectivity index (χ1v) is 5.43. The van der Waals surface area contributed by atoms with E-state index in [2.05, 4.69) is 22.7 Å². The minimum atomic E-state index is 0.754. The van der Waals surface area contributed by atoms with Crippen LogP contribution in [0.15, 0.2) is 12.4 Å². The number of imidazole rings is 1. The molecule has 0 aromatic carbocycles. The number of hydrogen-bond acceptors (Lipinski definition) is 1. The van der Waals surface area contributed by atoms with Crippen LogP contribution in [0.3, 0.4) is 0 Å². The van der Waals surface area contributed by atoms with E-state index < -0.39 is 0 Å². The Morgan fingerprint density at radius 3 is 2.92 bits per heavy atom. The summed E-state index contributed by atoms with van der Waals surface area (Å²) < 4.78 is 2.40. The average Bonchev–Trinajstić information content (AvgIpc) is 2.71. The van der Waals surface area contributed by atoms with Gasteiger partial charge < -0.3 is 4.57 Å². The van der Waals surface area contributed by atoms with Gasteiger partial charge >= 0.3 is 0 Å². The summed E-state index contributed by atoms with van der Waals surface area (Å²) in [4.78, 5) is 4.41. The molecule has 1 aromatic heterocycles. The maximum atomic E-state index is 4.41. The molecule has 13 heavy (non-hydrogen) atoms. The van der Waals surface area contributed by atoms with Crippen molar-refractivity contribution in [2.24, 2.45) is 0 Å². The molecule has 1 heterocycles. The Bertz CT molecular complexity index is 259. The topological polar surface area (TPSA) is 17.8 Å². The van der Waals surface area contributed by atoms with Crippen LogP contribution in [0.25, 0.3) is 0 Å². The zero-order chi connectivity index (χ0) is 9.10. The number of hydrogen-bond donors (Lipinski definition) is 0. The van der Waals surface area contributed by atoms with Gasteiger partial charge in [0.15, 0.2) is 0 Å². The Hall–Kier alpha value is -0.790. The lowest BCUT2D eigenvalue weighted by Crippen LogP contribution is -2.07. The summed E-state index contributed by atoms with van der Waals surface area (Å²) in [6.45, 7) is 2.22. The number of nitrogens with zero attached hydrogens (tertiary/aromatic N) is 2. The maximum Gasteiger partial charge on any atom is 0.108 e. The monoisotopic (exact) mass is 178 g/mol. The molecular weight excluding hydrogens is 160 g/mol. The summed E-state index contributed by atoms with van der Waals surface area (Å²) in [7, 11) is 0. The van der Waals surface area contributed by atoms with Crippen LogP contribution in [0, 0.1) is 0 Å². The smallest absolute Gasteiger partial charge is 0.108 e. The molecule has 0 radical (unpaired) electrons. The first-order chi connectivity index (χ1) is 6.42. The van der Waals surface area contributed by atoms with Crippen LogP contribution in [0.2, 0.25) is 0 Å². The molecule has 1 aliphatic carbocycles. The molecule has 2 nitrogen and oxygen atoms in total. The quantitative estimate of drug-likeness (QED) is 0.695. The van der Waals surface area contributed by atoms with E-state index in [0.717, 1.165) is 12.5 Å². The summed E-state index contributed by atoms with van der Waals surface area (Å²) in [5, 5.41) is 0. The van der Waals surface area contributed by atoms with E-state index >= 15 is 0 Å². The lowest BCUT2D eigenvalue weighted by Gasteiger charge is -2.14. The average molecular weight is 178 g/mol. The van der Waals surface area contributed by atoms with Crippen LogP contribution in [-0.2, 0) is 6.42 Å². The normalized spacial score (nSPS) is 18.2. The summed E-state index contributed by atoms with van der Waals surface area (Å²) >= 11 is 0. The van der Waals surface area contributed by atoms with Gasteiger partial charge in [-0.2, -0.15) is 0 Å². The van der Waals surface area contributed by atoms with Gasteiger partial charge in [-0.3, -0.25) is 0 Å². The SMILES string of the molecule is CCCc1nccn1C1CCCC1. The fraction of sp³-hybridized carbons (Fsp3) is 0.727. The van der Waals surface area contributed by atoms with Crippen molar-refractivity contribution in [2.45, 2.75) is 51.5 Å². The van der Waals surface area contributed by atoms with Crippen molar-refractivity contribution in [1.29, 1.82) is 0 Å². The van der Waals surface area contributed by atoms with Crippen LogP contribution in [0.1, 0.15) is 50.9 Å². The molecule has 0 saturated heterocycles. The summed E-state index contributed by atoms with van der Waals surface area (Å²) in [6, 6.07) is 0.754. The van der Waals surface area contributed by atoms with Gasteiger partial charge in [-0.05, 0) is 19.3 Å². The highest BCUT2D eigenvalue weighted by Gasteiger charge is 2.18. The van der Waals surface area contributed by atoms with Gasteiger partial charge in [0.05, 0.1) is 0 Å². The molecule has 2 rings (SSSR count). The number of rotatable bonds is 3. The molecule has 1 saturated carbocycles. The highest BCUT2D eigenvalue weighted by molar-refractivity contribution is 4.96. The first kappa shape index (κ1) is 8.79. The van der Waals surface area contributed by atoms with Gasteiger partial charge in [-0.1, -0.05) is 19.8 Å². The second-order valence-corrected chi connectivity index (χ2v) is 3.94. The van der Waals surface area contributed by atoms with Crippen molar-refractivity contribution in [2.75, 3.05) is 0 Å². The largest absolute Gasteiger partial charge is 0.332 e. The van der Waals surface area contributed by atoms with Crippen molar-refractivity contribution in [3.8, 4) is 0 Å². The van der Waals surface area contributed by atoms with E-state index in [1.807, 2.05) is 6.20 Å². The fourth-order valence-corrected chi connectivity index (χ4v) is 2.28. The van der Waals surface area contributed by atoms with E-state index in [0.29, 0.717) is 0 Å². The van der Waals surface area contributed by atoms with Gasteiger partial charge in [0.25, 0.3) is 0 Å². The van der Waals surface area contributed by atoms with Gasteiger partial charge in [-0.15, -0.1) is 0 Å². The summed E-state index contributed by atoms with van der Waals surface area (Å²) in [5.74, 6) is 1.29. The minimum Gasteiger partial charge on any atom is -0.332 e. The third-order valence-corrected chi connectivity index (χ3v) is 2.94. The van der Waals surface area contributed by atoms with Crippen molar-refractivity contribution in [3.63, 3.8) is 0 Å². The predicted molar refractivity (Wildman–Crippen MR) is 53.7 cm³/mol. The second kappa shape index (κ2) is 3.95. The van der Waals surface area contributed by atoms with Crippen LogP contribution >= 0.6 is 0 Å². The highest BCUT2D eigenvalue weighted by atomic mass is 15.1. The molecule has 1 fully saturated rings. The molecule has 0 amide bonds. The van der Waals surface area contributed by atoms with Crippen molar-refractivity contribution < 1.29 is 0 Å². The van der Waals surface area contributed by atoms with Crippen LogP contribution < -0.4 is 0 Å². The number of aryl methyl sites for hydroxylation is 1. The Morgan fingerprint density at radius 2 is 2.23 bits per heavy atom. The third kappa shape index (κ3) is 1.77. The highest BCUT2D eigenvalue weighted by Crippen LogP contribution is 2.30. The Kier molecular flexibility index (Phi) is 2.67. The van der Waals surface area contributed by atoms with Crippen molar-refractivity contribution >= 4 is 0 Å². The van der Waals surface area contributed by atoms with Gasteiger partial charge in [0, 0.05) is 24.9 Å². The zero-order valence-electron chi connectivity index (χ0n) is 8.37. The Balaban J connectivity index is 2.13. The first-order valence-electron chi connectivity index (χ1n) is 5.43. The molecular formula is C11H18N2. The zero-order valence-corrected chi connectivity index (χ0v) is 8.37. The van der Waals surface area contributed by atoms with E-state index in [1.54, 1.807) is 0 Å². The van der Waals surface area contributed by atoms with Crippen LogP contribution in [0.5, 0.6) is 0 Å². The van der Waals surface area contributed by atoms with Gasteiger partial charge in [-0.25, -0.2) is 4.98 Å². The molecule has 1 aromatic rings. The minimum absolute atomic E-state index is 0.754. The molecule has 0 atom stereocenters. The lowest BCUT2D eigenvalue weighted by atomic mass is 10.2. The summed E-state index contributed by atoms with van der Waals surface area (Å²) in [6.07, 6.45) is 11.9. The predicted octanol–water partition coefficient (Wildman–Crippen LogP) is 2.95. The maximum absolute atomic E-state index is 4.41. The molecule has 0 spiro atoms. The van der Waals surface area contributed by atoms with Crippen molar-refractivity contribution in [3.05, 3.63) is 18.2 Å². The molecule has 0 bridgehead atoms. The summed E-state index contributed by atoms with van der Waals surface area (Å²) in [5.41, 5.74) is 0. The Morgan fingerprint density at radius 1 is 1.46 bits per heavy atom. The van der Waals surface area contributed by atoms with Crippen LogP contribution in [0.4, 0.5) is 0 Å². The molecule has 0 aliphatic heterocycles. The van der Waals surface area contributed by atoms with E-state index in [9.17, 15) is 0 Å². The molecule has 1 aliphatic rings. The molecule has 0 N–H and O–H groups in total. The second-order valence-electron chi connectivity index (χ2n) is 3.94. The Labute approximate surface area is 80.0 Å². The third-order valence-electron chi connectivity index (χ3n) is 2.94.